The van der Waals surface area contributed by atoms with E-state index in [4.69, 9.17) is 9.84 Å². The predicted molar refractivity (Wildman–Crippen MR) is 67.8 cm³/mol. The van der Waals surface area contributed by atoms with Crippen molar-refractivity contribution in [2.45, 2.75) is 26.8 Å². The summed E-state index contributed by atoms with van der Waals surface area (Å²) >= 11 is 0. The van der Waals surface area contributed by atoms with Crippen molar-refractivity contribution in [2.75, 3.05) is 40.0 Å². The first-order valence-electron chi connectivity index (χ1n) is 6.12. The van der Waals surface area contributed by atoms with E-state index in [0.717, 1.165) is 0 Å². The van der Waals surface area contributed by atoms with Gasteiger partial charge in [-0.1, -0.05) is 13.8 Å². The average Bonchev–Trinajstić information content (AvgIpc) is 2.25. The fraction of sp³-hybridized carbons (Fsp3) is 0.917. The molecule has 1 amide bonds. The summed E-state index contributed by atoms with van der Waals surface area (Å²) < 4.78 is 4.96. The maximum absolute atomic E-state index is 11.7. The van der Waals surface area contributed by atoms with Crippen LogP contribution in [0.3, 0.4) is 0 Å². The van der Waals surface area contributed by atoms with Gasteiger partial charge in [0.2, 0.25) is 5.91 Å². The molecule has 1 unspecified atom stereocenters. The maximum atomic E-state index is 11.7. The second kappa shape index (κ2) is 9.39. The van der Waals surface area contributed by atoms with Crippen molar-refractivity contribution in [3.05, 3.63) is 0 Å². The van der Waals surface area contributed by atoms with Gasteiger partial charge in [0.15, 0.2) is 0 Å². The van der Waals surface area contributed by atoms with Crippen LogP contribution in [0.25, 0.3) is 0 Å². The number of ether oxygens (including phenoxy) is 1. The Morgan fingerprint density at radius 1 is 1.35 bits per heavy atom. The Kier molecular flexibility index (Phi) is 9.03. The van der Waals surface area contributed by atoms with Gasteiger partial charge in [-0.25, -0.2) is 0 Å². The lowest BCUT2D eigenvalue weighted by molar-refractivity contribution is -0.123. The Balaban J connectivity index is 4.02. The van der Waals surface area contributed by atoms with Crippen molar-refractivity contribution in [2.24, 2.45) is 5.92 Å². The molecule has 0 spiro atoms. The first kappa shape index (κ1) is 16.4. The summed E-state index contributed by atoms with van der Waals surface area (Å²) in [7, 11) is 1.62. The van der Waals surface area contributed by atoms with Gasteiger partial charge in [-0.3, -0.25) is 9.69 Å². The molecule has 0 saturated heterocycles. The molecule has 0 aliphatic heterocycles. The van der Waals surface area contributed by atoms with Gasteiger partial charge in [-0.15, -0.1) is 0 Å². The Hall–Kier alpha value is -0.650. The Morgan fingerprint density at radius 2 is 2.00 bits per heavy atom. The van der Waals surface area contributed by atoms with E-state index in [-0.39, 0.29) is 18.6 Å². The number of hydrogen-bond donors (Lipinski definition) is 2. The van der Waals surface area contributed by atoms with Crippen molar-refractivity contribution in [1.29, 1.82) is 0 Å². The fourth-order valence-electron chi connectivity index (χ4n) is 1.30. The summed E-state index contributed by atoms with van der Waals surface area (Å²) in [6.45, 7) is 8.20. The Bertz CT molecular complexity index is 210. The van der Waals surface area contributed by atoms with Gasteiger partial charge in [-0.2, -0.15) is 0 Å². The first-order valence-corrected chi connectivity index (χ1v) is 6.12. The standard InChI is InChI=1S/C12H26N2O3/c1-10(2)11(3)13-12(16)9-14(5-7-15)6-8-17-4/h10-11,15H,5-9H2,1-4H3,(H,13,16). The molecule has 0 aromatic heterocycles. The van der Waals surface area contributed by atoms with Crippen LogP contribution in [0.1, 0.15) is 20.8 Å². The third-order valence-corrected chi connectivity index (χ3v) is 2.78. The number of amides is 1. The molecule has 0 fully saturated rings. The highest BCUT2D eigenvalue weighted by Crippen LogP contribution is 1.99. The molecule has 102 valence electrons. The quantitative estimate of drug-likeness (QED) is 0.605. The first-order chi connectivity index (χ1) is 8.01. The molecular formula is C12H26N2O3. The summed E-state index contributed by atoms with van der Waals surface area (Å²) in [4.78, 5) is 13.6. The van der Waals surface area contributed by atoms with E-state index in [9.17, 15) is 4.79 Å². The largest absolute Gasteiger partial charge is 0.395 e. The van der Waals surface area contributed by atoms with Gasteiger partial charge in [0.05, 0.1) is 19.8 Å². The lowest BCUT2D eigenvalue weighted by Crippen LogP contribution is -2.44. The molecule has 0 bridgehead atoms. The van der Waals surface area contributed by atoms with Crippen LogP contribution < -0.4 is 5.32 Å². The smallest absolute Gasteiger partial charge is 0.234 e. The van der Waals surface area contributed by atoms with Gasteiger partial charge in [-0.05, 0) is 12.8 Å². The zero-order chi connectivity index (χ0) is 13.3. The molecule has 0 aromatic carbocycles. The Labute approximate surface area is 104 Å². The predicted octanol–water partition coefficient (Wildman–Crippen LogP) is 0.0878. The zero-order valence-electron chi connectivity index (χ0n) is 11.4. The van der Waals surface area contributed by atoms with E-state index in [1.165, 1.54) is 0 Å². The molecule has 0 rings (SSSR count). The van der Waals surface area contributed by atoms with E-state index >= 15 is 0 Å². The van der Waals surface area contributed by atoms with E-state index in [1.807, 2.05) is 11.8 Å². The highest BCUT2D eigenvalue weighted by Gasteiger charge is 2.14. The van der Waals surface area contributed by atoms with Crippen molar-refractivity contribution in [3.8, 4) is 0 Å². The van der Waals surface area contributed by atoms with E-state index in [0.29, 0.717) is 32.2 Å². The van der Waals surface area contributed by atoms with Crippen LogP contribution in [0.15, 0.2) is 0 Å². The van der Waals surface area contributed by atoms with Crippen molar-refractivity contribution in [3.63, 3.8) is 0 Å². The van der Waals surface area contributed by atoms with Gasteiger partial charge in [0, 0.05) is 26.2 Å². The molecule has 0 heterocycles. The number of rotatable bonds is 9. The van der Waals surface area contributed by atoms with Gasteiger partial charge < -0.3 is 15.2 Å². The van der Waals surface area contributed by atoms with E-state index < -0.39 is 0 Å². The van der Waals surface area contributed by atoms with Gasteiger partial charge in [0.1, 0.15) is 0 Å². The van der Waals surface area contributed by atoms with Crippen LogP contribution >= 0.6 is 0 Å². The molecule has 0 saturated carbocycles. The molecule has 0 aliphatic carbocycles. The maximum Gasteiger partial charge on any atom is 0.234 e. The third-order valence-electron chi connectivity index (χ3n) is 2.78. The van der Waals surface area contributed by atoms with Gasteiger partial charge >= 0.3 is 0 Å². The second-order valence-corrected chi connectivity index (χ2v) is 4.59. The fourth-order valence-corrected chi connectivity index (χ4v) is 1.30. The molecule has 5 nitrogen and oxygen atoms in total. The molecule has 2 N–H and O–H groups in total. The van der Waals surface area contributed by atoms with Crippen LogP contribution in [0.2, 0.25) is 0 Å². The second-order valence-electron chi connectivity index (χ2n) is 4.59. The molecule has 0 radical (unpaired) electrons. The molecule has 5 heteroatoms. The molecule has 17 heavy (non-hydrogen) atoms. The molecule has 0 aliphatic rings. The van der Waals surface area contributed by atoms with Crippen LogP contribution in [-0.4, -0.2) is 61.9 Å². The van der Waals surface area contributed by atoms with Crippen LogP contribution in [-0.2, 0) is 9.53 Å². The summed E-state index contributed by atoms with van der Waals surface area (Å²) in [6.07, 6.45) is 0. The van der Waals surface area contributed by atoms with Crippen LogP contribution in [0, 0.1) is 5.92 Å². The number of nitrogens with zero attached hydrogens (tertiary/aromatic N) is 1. The summed E-state index contributed by atoms with van der Waals surface area (Å²) in [5.74, 6) is 0.417. The highest BCUT2D eigenvalue weighted by molar-refractivity contribution is 5.78. The number of nitrogens with one attached hydrogen (secondary N) is 1. The number of carbonyl (C=O) groups is 1. The Morgan fingerprint density at radius 3 is 2.47 bits per heavy atom. The van der Waals surface area contributed by atoms with E-state index in [2.05, 4.69) is 19.2 Å². The highest BCUT2D eigenvalue weighted by atomic mass is 16.5. The topological polar surface area (TPSA) is 61.8 Å². The monoisotopic (exact) mass is 246 g/mol. The summed E-state index contributed by atoms with van der Waals surface area (Å²) in [5.41, 5.74) is 0. The summed E-state index contributed by atoms with van der Waals surface area (Å²) in [5, 5.41) is 11.8. The van der Waals surface area contributed by atoms with Crippen molar-refractivity contribution >= 4 is 5.91 Å². The summed E-state index contributed by atoms with van der Waals surface area (Å²) in [6, 6.07) is 0.168. The minimum absolute atomic E-state index is 0.00393. The van der Waals surface area contributed by atoms with Crippen molar-refractivity contribution < 1.29 is 14.6 Å². The molecular weight excluding hydrogens is 220 g/mol. The molecule has 0 aromatic rings. The lowest BCUT2D eigenvalue weighted by atomic mass is 10.1. The van der Waals surface area contributed by atoms with Crippen molar-refractivity contribution in [1.82, 2.24) is 10.2 Å². The lowest BCUT2D eigenvalue weighted by Gasteiger charge is -2.23. The average molecular weight is 246 g/mol. The van der Waals surface area contributed by atoms with E-state index in [1.54, 1.807) is 7.11 Å². The minimum atomic E-state index is -0.00393. The SMILES string of the molecule is COCCN(CCO)CC(=O)NC(C)C(C)C. The zero-order valence-corrected chi connectivity index (χ0v) is 11.4. The number of hydrogen-bond acceptors (Lipinski definition) is 4. The number of methoxy groups -OCH3 is 1. The number of aliphatic hydroxyl groups is 1. The molecule has 1 atom stereocenters. The third kappa shape index (κ3) is 8.12. The van der Waals surface area contributed by atoms with Crippen LogP contribution in [0.4, 0.5) is 0 Å². The van der Waals surface area contributed by atoms with Crippen LogP contribution in [0.5, 0.6) is 0 Å². The van der Waals surface area contributed by atoms with Gasteiger partial charge in [0.25, 0.3) is 0 Å². The minimum Gasteiger partial charge on any atom is -0.395 e. The normalized spacial score (nSPS) is 13.1. The number of aliphatic hydroxyl groups excluding tert-OH is 1. The number of carbonyl (C=O) groups excluding carboxylic acids is 1.